The van der Waals surface area contributed by atoms with Crippen molar-refractivity contribution in [2.45, 2.75) is 90.1 Å². The topological polar surface area (TPSA) is 177 Å². The molecule has 0 aliphatic heterocycles. The molecule has 0 spiro atoms. The first kappa shape index (κ1) is 38.3. The highest BCUT2D eigenvalue weighted by Crippen LogP contribution is 2.27. The summed E-state index contributed by atoms with van der Waals surface area (Å²) in [4.78, 5) is 67.5. The average Bonchev–Trinajstić information content (AvgIpc) is 2.97. The van der Waals surface area contributed by atoms with Gasteiger partial charge < -0.3 is 35.8 Å². The van der Waals surface area contributed by atoms with E-state index in [0.717, 1.165) is 10.5 Å². The SMILES string of the molecule is C#Cc1ccccc1C(C(=O)NC(Cc1ccccc1)C(=O)OC(C)(C)C)N(CCO)C(=O)C(CCC(N)=O)NC(=O)OC(C)(C)C. The summed E-state index contributed by atoms with van der Waals surface area (Å²) in [6, 6.07) is 11.3. The Morgan fingerprint density at radius 3 is 2.04 bits per heavy atom. The molecule has 0 heterocycles. The number of nitrogens with one attached hydrogen (secondary N) is 2. The molecule has 4 amide bonds. The molecule has 0 saturated heterocycles. The van der Waals surface area contributed by atoms with Gasteiger partial charge in [-0.2, -0.15) is 0 Å². The summed E-state index contributed by atoms with van der Waals surface area (Å²) in [5, 5.41) is 15.3. The minimum atomic E-state index is -1.49. The van der Waals surface area contributed by atoms with Crippen LogP contribution in [-0.2, 0) is 35.1 Å². The molecular weight excluding hydrogens is 604 g/mol. The van der Waals surface area contributed by atoms with Gasteiger partial charge in [-0.3, -0.25) is 14.4 Å². The van der Waals surface area contributed by atoms with Gasteiger partial charge >= 0.3 is 12.1 Å². The first-order chi connectivity index (χ1) is 22.0. The number of amides is 4. The van der Waals surface area contributed by atoms with Crippen LogP contribution < -0.4 is 16.4 Å². The maximum absolute atomic E-state index is 14.4. The third kappa shape index (κ3) is 12.8. The van der Waals surface area contributed by atoms with Gasteiger partial charge in [-0.25, -0.2) is 9.59 Å². The molecule has 12 nitrogen and oxygen atoms in total. The lowest BCUT2D eigenvalue weighted by molar-refractivity contribution is -0.159. The normalized spacial score (nSPS) is 13.2. The van der Waals surface area contributed by atoms with Crippen molar-refractivity contribution in [2.24, 2.45) is 5.73 Å². The molecule has 0 radical (unpaired) electrons. The van der Waals surface area contributed by atoms with Crippen molar-refractivity contribution >= 4 is 29.8 Å². The van der Waals surface area contributed by atoms with E-state index in [2.05, 4.69) is 16.6 Å². The molecule has 2 aromatic carbocycles. The van der Waals surface area contributed by atoms with Crippen LogP contribution in [0.5, 0.6) is 0 Å². The number of esters is 1. The summed E-state index contributed by atoms with van der Waals surface area (Å²) in [5.74, 6) is -0.535. The first-order valence-electron chi connectivity index (χ1n) is 15.3. The maximum Gasteiger partial charge on any atom is 0.408 e. The Kier molecular flexibility index (Phi) is 14.0. The predicted molar refractivity (Wildman–Crippen MR) is 175 cm³/mol. The van der Waals surface area contributed by atoms with E-state index in [9.17, 15) is 29.1 Å². The maximum atomic E-state index is 14.4. The third-order valence-electron chi connectivity index (χ3n) is 6.55. The number of terminal acetylenes is 1. The van der Waals surface area contributed by atoms with E-state index < -0.39 is 65.7 Å². The van der Waals surface area contributed by atoms with Crippen molar-refractivity contribution in [3.8, 4) is 12.3 Å². The lowest BCUT2D eigenvalue weighted by Crippen LogP contribution is -2.55. The van der Waals surface area contributed by atoms with Gasteiger partial charge in [0.1, 0.15) is 29.3 Å². The molecule has 2 aromatic rings. The number of rotatable bonds is 14. The van der Waals surface area contributed by atoms with Gasteiger partial charge in [-0.05, 0) is 65.2 Å². The molecule has 47 heavy (non-hydrogen) atoms. The second-order valence-corrected chi connectivity index (χ2v) is 12.9. The van der Waals surface area contributed by atoms with Crippen LogP contribution in [0.15, 0.2) is 54.6 Å². The molecule has 254 valence electrons. The van der Waals surface area contributed by atoms with Crippen LogP contribution in [0, 0.1) is 12.3 Å². The fourth-order valence-electron chi connectivity index (χ4n) is 4.65. The van der Waals surface area contributed by atoms with E-state index in [1.807, 2.05) is 6.07 Å². The van der Waals surface area contributed by atoms with Crippen LogP contribution in [0.3, 0.4) is 0 Å². The van der Waals surface area contributed by atoms with Crippen molar-refractivity contribution in [1.82, 2.24) is 15.5 Å². The Hall–Kier alpha value is -4.89. The number of carbonyl (C=O) groups excluding carboxylic acids is 5. The Morgan fingerprint density at radius 2 is 1.49 bits per heavy atom. The van der Waals surface area contributed by atoms with Crippen LogP contribution in [0.4, 0.5) is 4.79 Å². The molecule has 2 rings (SSSR count). The summed E-state index contributed by atoms with van der Waals surface area (Å²) in [6.45, 7) is 9.05. The molecule has 0 aliphatic rings. The summed E-state index contributed by atoms with van der Waals surface area (Å²) in [5.41, 5.74) is 4.82. The molecule has 3 unspecified atom stereocenters. The first-order valence-corrected chi connectivity index (χ1v) is 15.3. The zero-order valence-corrected chi connectivity index (χ0v) is 27.9. The Labute approximate surface area is 276 Å². The quantitative estimate of drug-likeness (QED) is 0.178. The van der Waals surface area contributed by atoms with E-state index in [4.69, 9.17) is 21.6 Å². The fraction of sp³-hybridized carbons (Fsp3) is 0.457. The number of aliphatic hydroxyl groups excluding tert-OH is 1. The largest absolute Gasteiger partial charge is 0.458 e. The Balaban J connectivity index is 2.65. The van der Waals surface area contributed by atoms with Crippen molar-refractivity contribution in [3.05, 3.63) is 71.3 Å². The van der Waals surface area contributed by atoms with E-state index in [0.29, 0.717) is 0 Å². The van der Waals surface area contributed by atoms with Gasteiger partial charge in [0.05, 0.1) is 6.61 Å². The zero-order valence-electron chi connectivity index (χ0n) is 27.9. The fourth-order valence-corrected chi connectivity index (χ4v) is 4.65. The second-order valence-electron chi connectivity index (χ2n) is 12.9. The minimum Gasteiger partial charge on any atom is -0.458 e. The highest BCUT2D eigenvalue weighted by molar-refractivity contribution is 5.94. The number of hydrogen-bond acceptors (Lipinski definition) is 8. The Bertz CT molecular complexity index is 1440. The number of carbonyl (C=O) groups is 5. The lowest BCUT2D eigenvalue weighted by atomic mass is 9.96. The van der Waals surface area contributed by atoms with Gasteiger partial charge in [-0.1, -0.05) is 54.5 Å². The third-order valence-corrected chi connectivity index (χ3v) is 6.55. The van der Waals surface area contributed by atoms with Gasteiger partial charge in [0, 0.05) is 24.9 Å². The molecule has 0 fully saturated rings. The van der Waals surface area contributed by atoms with Crippen molar-refractivity contribution in [3.63, 3.8) is 0 Å². The molecule has 3 atom stereocenters. The zero-order chi connectivity index (χ0) is 35.4. The molecule has 12 heteroatoms. The summed E-state index contributed by atoms with van der Waals surface area (Å²) in [6.07, 6.45) is 4.41. The molecule has 0 aromatic heterocycles. The standard InChI is InChI=1S/C35H46N4O8/c1-8-24-16-12-13-17-25(24)29(30(42)37-27(32(44)46-34(2,3)4)22-23-14-10-9-11-15-23)39(20-21-40)31(43)26(18-19-28(36)41)38-33(45)47-35(5,6)7/h1,9-17,26-27,29,40H,18-22H2,2-7H3,(H2,36,41)(H,37,42)(H,38,45). The minimum absolute atomic E-state index is 0.0698. The number of benzene rings is 2. The number of aliphatic hydroxyl groups is 1. The van der Waals surface area contributed by atoms with Crippen LogP contribution in [-0.4, -0.2) is 76.2 Å². The van der Waals surface area contributed by atoms with E-state index in [1.54, 1.807) is 90.1 Å². The number of nitrogens with two attached hydrogens (primary N) is 1. The molecule has 0 saturated carbocycles. The highest BCUT2D eigenvalue weighted by Gasteiger charge is 2.39. The van der Waals surface area contributed by atoms with Gasteiger partial charge in [0.2, 0.25) is 17.7 Å². The molecule has 0 bridgehead atoms. The van der Waals surface area contributed by atoms with Crippen molar-refractivity contribution in [1.29, 1.82) is 0 Å². The number of hydrogen-bond donors (Lipinski definition) is 4. The summed E-state index contributed by atoms with van der Waals surface area (Å²) >= 11 is 0. The summed E-state index contributed by atoms with van der Waals surface area (Å²) < 4.78 is 10.9. The lowest BCUT2D eigenvalue weighted by Gasteiger charge is -2.35. The molecule has 5 N–H and O–H groups in total. The van der Waals surface area contributed by atoms with Gasteiger partial charge in [0.25, 0.3) is 0 Å². The van der Waals surface area contributed by atoms with Gasteiger partial charge in [0.15, 0.2) is 0 Å². The van der Waals surface area contributed by atoms with Crippen molar-refractivity contribution < 1.29 is 38.6 Å². The van der Waals surface area contributed by atoms with Crippen LogP contribution in [0.25, 0.3) is 0 Å². The Morgan fingerprint density at radius 1 is 0.894 bits per heavy atom. The molecule has 0 aliphatic carbocycles. The van der Waals surface area contributed by atoms with Crippen molar-refractivity contribution in [2.75, 3.05) is 13.2 Å². The number of ether oxygens (including phenoxy) is 2. The van der Waals surface area contributed by atoms with Crippen LogP contribution in [0.1, 0.15) is 77.1 Å². The van der Waals surface area contributed by atoms with Crippen LogP contribution >= 0.6 is 0 Å². The van der Waals surface area contributed by atoms with E-state index in [1.165, 1.54) is 0 Å². The van der Waals surface area contributed by atoms with Gasteiger partial charge in [-0.15, -0.1) is 6.42 Å². The number of nitrogens with zero attached hydrogens (tertiary/aromatic N) is 1. The second kappa shape index (κ2) is 17.1. The highest BCUT2D eigenvalue weighted by atomic mass is 16.6. The smallest absolute Gasteiger partial charge is 0.408 e. The number of primary amides is 1. The summed E-state index contributed by atoms with van der Waals surface area (Å²) in [7, 11) is 0. The molecular formula is C35H46N4O8. The van der Waals surface area contributed by atoms with Crippen LogP contribution in [0.2, 0.25) is 0 Å². The van der Waals surface area contributed by atoms with E-state index >= 15 is 0 Å². The average molecular weight is 651 g/mol. The van der Waals surface area contributed by atoms with E-state index in [-0.39, 0.29) is 36.9 Å². The number of alkyl carbamates (subject to hydrolysis) is 1. The monoisotopic (exact) mass is 650 g/mol. The predicted octanol–water partition coefficient (Wildman–Crippen LogP) is 2.76.